The molecule has 0 aliphatic rings. The Kier molecular flexibility index (Phi) is 7.22. The van der Waals surface area contributed by atoms with Crippen LogP contribution in [0.15, 0.2) is 12.1 Å². The van der Waals surface area contributed by atoms with Crippen LogP contribution in [0.3, 0.4) is 0 Å². The molecule has 0 amide bonds. The van der Waals surface area contributed by atoms with Crippen LogP contribution in [0.5, 0.6) is 0 Å². The van der Waals surface area contributed by atoms with Gasteiger partial charge in [-0.05, 0) is 37.0 Å². The molecule has 0 heterocycles. The van der Waals surface area contributed by atoms with Crippen LogP contribution in [0.2, 0.25) is 0 Å². The maximum atomic E-state index is 13.5. The highest BCUT2D eigenvalue weighted by atomic mass is 32.2. The standard InChI is InChI=1S/C14H21FN2O2S/c1-20-7-5-3-2-4-6-17-13-9-11(15)10(14(18)19)8-12(13)16/h8-9,17H,2-7,16H2,1H3,(H,18,19). The Bertz CT molecular complexity index is 455. The number of anilines is 2. The minimum Gasteiger partial charge on any atom is -0.478 e. The molecule has 20 heavy (non-hydrogen) atoms. The predicted octanol–water partition coefficient (Wildman–Crippen LogP) is 3.44. The van der Waals surface area contributed by atoms with Gasteiger partial charge in [-0.15, -0.1) is 0 Å². The van der Waals surface area contributed by atoms with E-state index in [0.29, 0.717) is 12.2 Å². The van der Waals surface area contributed by atoms with Crippen LogP contribution in [0.25, 0.3) is 0 Å². The largest absolute Gasteiger partial charge is 0.478 e. The number of carbonyl (C=O) groups is 1. The van der Waals surface area contributed by atoms with Crippen LogP contribution in [0.4, 0.5) is 15.8 Å². The van der Waals surface area contributed by atoms with E-state index in [-0.39, 0.29) is 5.69 Å². The third-order valence-electron chi connectivity index (χ3n) is 2.96. The van der Waals surface area contributed by atoms with Crippen molar-refractivity contribution < 1.29 is 14.3 Å². The van der Waals surface area contributed by atoms with Gasteiger partial charge in [-0.2, -0.15) is 11.8 Å². The van der Waals surface area contributed by atoms with E-state index in [2.05, 4.69) is 11.6 Å². The quantitative estimate of drug-likeness (QED) is 0.481. The third kappa shape index (κ3) is 5.28. The van der Waals surface area contributed by atoms with Gasteiger partial charge in [0.1, 0.15) is 5.82 Å². The molecule has 6 heteroatoms. The Morgan fingerprint density at radius 3 is 2.70 bits per heavy atom. The maximum Gasteiger partial charge on any atom is 0.338 e. The number of rotatable bonds is 9. The number of aromatic carboxylic acids is 1. The Labute approximate surface area is 122 Å². The van der Waals surface area contributed by atoms with Crippen LogP contribution < -0.4 is 11.1 Å². The monoisotopic (exact) mass is 300 g/mol. The Balaban J connectivity index is 2.41. The lowest BCUT2D eigenvalue weighted by molar-refractivity contribution is 0.0692. The normalized spacial score (nSPS) is 10.5. The van der Waals surface area contributed by atoms with Gasteiger partial charge in [0.25, 0.3) is 0 Å². The molecule has 1 aromatic rings. The minimum atomic E-state index is -1.31. The molecular weight excluding hydrogens is 279 g/mol. The van der Waals surface area contributed by atoms with E-state index in [1.165, 1.54) is 18.6 Å². The van der Waals surface area contributed by atoms with Gasteiger partial charge in [-0.25, -0.2) is 9.18 Å². The second-order valence-corrected chi connectivity index (χ2v) is 5.54. The van der Waals surface area contributed by atoms with Crippen LogP contribution in [-0.2, 0) is 0 Å². The van der Waals surface area contributed by atoms with Crippen molar-refractivity contribution in [2.45, 2.75) is 25.7 Å². The number of hydrogen-bond donors (Lipinski definition) is 3. The average Bonchev–Trinajstić information content (AvgIpc) is 2.40. The second kappa shape index (κ2) is 8.68. The summed E-state index contributed by atoms with van der Waals surface area (Å²) in [5, 5.41) is 11.8. The molecule has 0 aliphatic carbocycles. The predicted molar refractivity (Wildman–Crippen MR) is 83.1 cm³/mol. The molecule has 0 spiro atoms. The van der Waals surface area contributed by atoms with E-state index in [0.717, 1.165) is 25.0 Å². The first-order valence-corrected chi connectivity index (χ1v) is 8.00. The van der Waals surface area contributed by atoms with Crippen molar-refractivity contribution in [2.24, 2.45) is 0 Å². The summed E-state index contributed by atoms with van der Waals surface area (Å²) in [5.41, 5.74) is 6.03. The summed E-state index contributed by atoms with van der Waals surface area (Å²) in [7, 11) is 0. The number of carboxylic acid groups (broad SMARTS) is 1. The number of halogens is 1. The number of hydrogen-bond acceptors (Lipinski definition) is 4. The molecule has 0 aromatic heterocycles. The number of benzene rings is 1. The van der Waals surface area contributed by atoms with Gasteiger partial charge >= 0.3 is 5.97 Å². The van der Waals surface area contributed by atoms with Crippen molar-refractivity contribution in [3.63, 3.8) is 0 Å². The zero-order chi connectivity index (χ0) is 15.0. The number of nitrogen functional groups attached to an aromatic ring is 1. The van der Waals surface area contributed by atoms with Gasteiger partial charge in [-0.1, -0.05) is 12.8 Å². The molecular formula is C14H21FN2O2S. The lowest BCUT2D eigenvalue weighted by atomic mass is 10.1. The fourth-order valence-corrected chi connectivity index (χ4v) is 2.35. The minimum absolute atomic E-state index is 0.256. The summed E-state index contributed by atoms with van der Waals surface area (Å²) in [5.74, 6) is -0.897. The summed E-state index contributed by atoms with van der Waals surface area (Å²) in [6, 6.07) is 2.30. The van der Waals surface area contributed by atoms with E-state index < -0.39 is 17.3 Å². The second-order valence-electron chi connectivity index (χ2n) is 4.56. The molecule has 1 rings (SSSR count). The molecule has 0 fully saturated rings. The number of nitrogens with two attached hydrogens (primary N) is 1. The van der Waals surface area contributed by atoms with Gasteiger partial charge in [0, 0.05) is 6.54 Å². The maximum absolute atomic E-state index is 13.5. The highest BCUT2D eigenvalue weighted by Crippen LogP contribution is 2.23. The first-order valence-electron chi connectivity index (χ1n) is 6.61. The zero-order valence-electron chi connectivity index (χ0n) is 11.6. The Morgan fingerprint density at radius 1 is 1.35 bits per heavy atom. The first-order chi connectivity index (χ1) is 9.56. The van der Waals surface area contributed by atoms with E-state index in [1.54, 1.807) is 0 Å². The highest BCUT2D eigenvalue weighted by molar-refractivity contribution is 7.98. The highest BCUT2D eigenvalue weighted by Gasteiger charge is 2.13. The fourth-order valence-electron chi connectivity index (χ4n) is 1.86. The summed E-state index contributed by atoms with van der Waals surface area (Å²) >= 11 is 1.85. The van der Waals surface area contributed by atoms with Crippen molar-refractivity contribution in [2.75, 3.05) is 29.6 Å². The lowest BCUT2D eigenvalue weighted by Gasteiger charge is -2.10. The van der Waals surface area contributed by atoms with Crippen LogP contribution >= 0.6 is 11.8 Å². The van der Waals surface area contributed by atoms with Gasteiger partial charge in [0.2, 0.25) is 0 Å². The molecule has 112 valence electrons. The van der Waals surface area contributed by atoms with Crippen LogP contribution in [0, 0.1) is 5.82 Å². The Morgan fingerprint density at radius 2 is 2.05 bits per heavy atom. The summed E-state index contributed by atoms with van der Waals surface area (Å²) in [6.07, 6.45) is 6.59. The van der Waals surface area contributed by atoms with Crippen LogP contribution in [0.1, 0.15) is 36.0 Å². The topological polar surface area (TPSA) is 75.3 Å². The molecule has 0 bridgehead atoms. The number of thioether (sulfide) groups is 1. The molecule has 0 unspecified atom stereocenters. The molecule has 0 aliphatic heterocycles. The molecule has 4 N–H and O–H groups in total. The third-order valence-corrected chi connectivity index (χ3v) is 3.66. The van der Waals surface area contributed by atoms with Crippen molar-refractivity contribution in [3.05, 3.63) is 23.5 Å². The average molecular weight is 300 g/mol. The van der Waals surface area contributed by atoms with Crippen molar-refractivity contribution >= 4 is 29.1 Å². The zero-order valence-corrected chi connectivity index (χ0v) is 12.4. The molecule has 0 saturated heterocycles. The first kappa shape index (κ1) is 16.6. The molecule has 0 radical (unpaired) electrons. The number of nitrogens with one attached hydrogen (secondary N) is 1. The number of unbranched alkanes of at least 4 members (excludes halogenated alkanes) is 3. The summed E-state index contributed by atoms with van der Waals surface area (Å²) in [4.78, 5) is 10.8. The van der Waals surface area contributed by atoms with Crippen molar-refractivity contribution in [3.8, 4) is 0 Å². The van der Waals surface area contributed by atoms with E-state index >= 15 is 0 Å². The summed E-state index contributed by atoms with van der Waals surface area (Å²) in [6.45, 7) is 0.704. The fraction of sp³-hybridized carbons (Fsp3) is 0.500. The van der Waals surface area contributed by atoms with Crippen molar-refractivity contribution in [1.82, 2.24) is 0 Å². The molecule has 1 aromatic carbocycles. The SMILES string of the molecule is CSCCCCCCNc1cc(F)c(C(=O)O)cc1N. The molecule has 0 atom stereocenters. The Hall–Kier alpha value is -1.43. The number of carboxylic acids is 1. The lowest BCUT2D eigenvalue weighted by Crippen LogP contribution is -2.08. The van der Waals surface area contributed by atoms with E-state index in [9.17, 15) is 9.18 Å². The van der Waals surface area contributed by atoms with Crippen LogP contribution in [-0.4, -0.2) is 29.6 Å². The van der Waals surface area contributed by atoms with Gasteiger partial charge < -0.3 is 16.2 Å². The summed E-state index contributed by atoms with van der Waals surface area (Å²) < 4.78 is 13.5. The van der Waals surface area contributed by atoms with Gasteiger partial charge in [0.15, 0.2) is 0 Å². The molecule has 4 nitrogen and oxygen atoms in total. The molecule has 0 saturated carbocycles. The van der Waals surface area contributed by atoms with Gasteiger partial charge in [0.05, 0.1) is 16.9 Å². The van der Waals surface area contributed by atoms with Crippen molar-refractivity contribution in [1.29, 1.82) is 0 Å². The smallest absolute Gasteiger partial charge is 0.338 e. The van der Waals surface area contributed by atoms with E-state index in [4.69, 9.17) is 10.8 Å². The van der Waals surface area contributed by atoms with Gasteiger partial charge in [-0.3, -0.25) is 0 Å². The van der Waals surface area contributed by atoms with E-state index in [1.807, 2.05) is 11.8 Å².